The summed E-state index contributed by atoms with van der Waals surface area (Å²) in [6, 6.07) is 0.109. The molecule has 0 aliphatic heterocycles. The maximum Gasteiger partial charge on any atom is 0.265 e. The molecule has 0 saturated heterocycles. The third kappa shape index (κ3) is 5.51. The number of aromatic nitrogens is 1. The molecule has 1 atom stereocenters. The second kappa shape index (κ2) is 8.19. The van der Waals surface area contributed by atoms with Crippen LogP contribution in [-0.4, -0.2) is 56.1 Å². The van der Waals surface area contributed by atoms with Gasteiger partial charge in [0.1, 0.15) is 10.7 Å². The van der Waals surface area contributed by atoms with Crippen LogP contribution in [0, 0.1) is 0 Å². The zero-order valence-corrected chi connectivity index (χ0v) is 14.5. The first-order valence-corrected chi connectivity index (χ1v) is 8.09. The van der Waals surface area contributed by atoms with Crippen molar-refractivity contribution in [3.05, 3.63) is 4.88 Å². The van der Waals surface area contributed by atoms with Gasteiger partial charge in [-0.05, 0) is 40.4 Å². The lowest BCUT2D eigenvalue weighted by Crippen LogP contribution is -2.34. The minimum atomic E-state index is -0.132. The van der Waals surface area contributed by atoms with E-state index in [2.05, 4.69) is 22.1 Å². The highest BCUT2D eigenvalue weighted by atomic mass is 32.1. The Labute approximate surface area is 131 Å². The van der Waals surface area contributed by atoms with Gasteiger partial charge in [-0.25, -0.2) is 4.98 Å². The lowest BCUT2D eigenvalue weighted by atomic mass is 10.2. The van der Waals surface area contributed by atoms with Crippen LogP contribution in [0.3, 0.4) is 0 Å². The van der Waals surface area contributed by atoms with Crippen LogP contribution in [0.1, 0.15) is 36.4 Å². The van der Waals surface area contributed by atoms with Crippen LogP contribution in [0.15, 0.2) is 0 Å². The van der Waals surface area contributed by atoms with E-state index < -0.39 is 0 Å². The number of thiazole rings is 1. The summed E-state index contributed by atoms with van der Waals surface area (Å²) >= 11 is 1.35. The van der Waals surface area contributed by atoms with Crippen LogP contribution >= 0.6 is 11.3 Å². The van der Waals surface area contributed by atoms with E-state index in [9.17, 15) is 4.79 Å². The third-order valence-electron chi connectivity index (χ3n) is 3.12. The smallest absolute Gasteiger partial charge is 0.265 e. The van der Waals surface area contributed by atoms with E-state index in [1.165, 1.54) is 11.3 Å². The predicted octanol–water partition coefficient (Wildman–Crippen LogP) is 1.64. The number of hydrogen-bond acceptors (Lipinski definition) is 6. The second-order valence-electron chi connectivity index (χ2n) is 5.60. The minimum Gasteiger partial charge on any atom is -0.382 e. The van der Waals surface area contributed by atoms with Crippen molar-refractivity contribution < 1.29 is 4.79 Å². The van der Waals surface area contributed by atoms with E-state index in [1.807, 2.05) is 33.0 Å². The van der Waals surface area contributed by atoms with Crippen molar-refractivity contribution in [1.29, 1.82) is 0 Å². The molecule has 0 fully saturated rings. The van der Waals surface area contributed by atoms with Gasteiger partial charge in [-0.1, -0.05) is 18.3 Å². The molecule has 120 valence electrons. The molecule has 1 aromatic heterocycles. The maximum atomic E-state index is 12.3. The zero-order chi connectivity index (χ0) is 16.0. The summed E-state index contributed by atoms with van der Waals surface area (Å²) in [5.41, 5.74) is 5.88. The van der Waals surface area contributed by atoms with Crippen LogP contribution < -0.4 is 16.0 Å². The monoisotopic (exact) mass is 313 g/mol. The lowest BCUT2D eigenvalue weighted by molar-refractivity contribution is 0.0941. The molecule has 1 heterocycles. The Morgan fingerprint density at radius 3 is 2.62 bits per heavy atom. The molecule has 0 radical (unpaired) electrons. The Hall–Kier alpha value is -1.34. The van der Waals surface area contributed by atoms with Crippen molar-refractivity contribution in [2.24, 2.45) is 0 Å². The third-order valence-corrected chi connectivity index (χ3v) is 4.30. The van der Waals surface area contributed by atoms with E-state index in [4.69, 9.17) is 5.73 Å². The first-order chi connectivity index (χ1) is 9.85. The summed E-state index contributed by atoms with van der Waals surface area (Å²) in [6.45, 7) is 5.94. The van der Waals surface area contributed by atoms with E-state index in [1.54, 1.807) is 0 Å². The molecule has 7 heteroatoms. The second-order valence-corrected chi connectivity index (χ2v) is 6.58. The average Bonchev–Trinajstić information content (AvgIpc) is 2.79. The highest BCUT2D eigenvalue weighted by molar-refractivity contribution is 7.18. The number of nitrogens with zero attached hydrogens (tertiary/aromatic N) is 3. The Balaban J connectivity index is 2.65. The number of hydrogen-bond donors (Lipinski definition) is 2. The Kier molecular flexibility index (Phi) is 6.91. The molecule has 3 N–H and O–H groups in total. The number of anilines is 2. The number of nitrogen functional groups attached to an aromatic ring is 1. The predicted molar refractivity (Wildman–Crippen MR) is 90.2 cm³/mol. The Bertz CT molecular complexity index is 460. The summed E-state index contributed by atoms with van der Waals surface area (Å²) in [6.07, 6.45) is 1.93. The number of carbonyl (C=O) groups excluding carboxylic acids is 1. The van der Waals surface area contributed by atoms with Gasteiger partial charge in [-0.3, -0.25) is 4.79 Å². The van der Waals surface area contributed by atoms with Gasteiger partial charge >= 0.3 is 0 Å². The molecule has 21 heavy (non-hydrogen) atoms. The summed E-state index contributed by atoms with van der Waals surface area (Å²) in [5, 5.41) is 3.77. The molecule has 1 unspecified atom stereocenters. The minimum absolute atomic E-state index is 0.109. The number of amides is 1. The van der Waals surface area contributed by atoms with E-state index in [0.29, 0.717) is 10.7 Å². The van der Waals surface area contributed by atoms with Crippen LogP contribution in [0.4, 0.5) is 10.9 Å². The van der Waals surface area contributed by atoms with Gasteiger partial charge < -0.3 is 20.9 Å². The largest absolute Gasteiger partial charge is 0.382 e. The standard InChI is InChI=1S/C14H27N5OS/c1-6-8-19(5)14-17-12(15)11(21-14)13(20)16-10(2)7-9-18(3)4/h10H,6-9,15H2,1-5H3,(H,16,20). The molecule has 1 amide bonds. The summed E-state index contributed by atoms with van der Waals surface area (Å²) in [5.74, 6) is 0.183. The van der Waals surface area contributed by atoms with Crippen molar-refractivity contribution in [2.75, 3.05) is 44.9 Å². The molecule has 0 aromatic carbocycles. The molecule has 1 rings (SSSR count). The SMILES string of the molecule is CCCN(C)c1nc(N)c(C(=O)NC(C)CCN(C)C)s1. The summed E-state index contributed by atoms with van der Waals surface area (Å²) < 4.78 is 0. The van der Waals surface area contributed by atoms with Crippen molar-refractivity contribution in [3.8, 4) is 0 Å². The van der Waals surface area contributed by atoms with Crippen molar-refractivity contribution in [2.45, 2.75) is 32.7 Å². The number of nitrogens with two attached hydrogens (primary N) is 1. The van der Waals surface area contributed by atoms with Gasteiger partial charge in [0.15, 0.2) is 5.13 Å². The van der Waals surface area contributed by atoms with Gasteiger partial charge in [-0.15, -0.1) is 0 Å². The Morgan fingerprint density at radius 1 is 1.38 bits per heavy atom. The molecule has 1 aromatic rings. The Morgan fingerprint density at radius 2 is 2.05 bits per heavy atom. The topological polar surface area (TPSA) is 74.5 Å². The number of rotatable bonds is 8. The first-order valence-electron chi connectivity index (χ1n) is 7.28. The first kappa shape index (κ1) is 17.7. The number of nitrogens with one attached hydrogen (secondary N) is 1. The molecule has 6 nitrogen and oxygen atoms in total. The lowest BCUT2D eigenvalue weighted by Gasteiger charge is -2.16. The van der Waals surface area contributed by atoms with E-state index >= 15 is 0 Å². The van der Waals surface area contributed by atoms with Crippen molar-refractivity contribution in [3.63, 3.8) is 0 Å². The van der Waals surface area contributed by atoms with Gasteiger partial charge in [0.05, 0.1) is 0 Å². The molecule has 0 aliphatic rings. The molecular weight excluding hydrogens is 286 g/mol. The zero-order valence-electron chi connectivity index (χ0n) is 13.6. The highest BCUT2D eigenvalue weighted by Crippen LogP contribution is 2.27. The molecular formula is C14H27N5OS. The maximum absolute atomic E-state index is 12.3. The fourth-order valence-corrected chi connectivity index (χ4v) is 2.77. The van der Waals surface area contributed by atoms with Crippen LogP contribution in [-0.2, 0) is 0 Å². The van der Waals surface area contributed by atoms with Gasteiger partial charge in [-0.2, -0.15) is 0 Å². The van der Waals surface area contributed by atoms with E-state index in [-0.39, 0.29) is 11.9 Å². The van der Waals surface area contributed by atoms with Gasteiger partial charge in [0, 0.05) is 19.6 Å². The van der Waals surface area contributed by atoms with Crippen molar-refractivity contribution in [1.82, 2.24) is 15.2 Å². The molecule has 0 spiro atoms. The normalized spacial score (nSPS) is 12.5. The summed E-state index contributed by atoms with van der Waals surface area (Å²) in [4.78, 5) is 21.2. The fraction of sp³-hybridized carbons (Fsp3) is 0.714. The summed E-state index contributed by atoms with van der Waals surface area (Å²) in [7, 11) is 6.00. The molecule has 0 saturated carbocycles. The number of carbonyl (C=O) groups is 1. The van der Waals surface area contributed by atoms with Gasteiger partial charge in [0.25, 0.3) is 5.91 Å². The van der Waals surface area contributed by atoms with Crippen LogP contribution in [0.25, 0.3) is 0 Å². The average molecular weight is 313 g/mol. The van der Waals surface area contributed by atoms with Crippen LogP contribution in [0.5, 0.6) is 0 Å². The van der Waals surface area contributed by atoms with Crippen molar-refractivity contribution >= 4 is 28.2 Å². The van der Waals surface area contributed by atoms with Crippen LogP contribution in [0.2, 0.25) is 0 Å². The fourth-order valence-electron chi connectivity index (χ4n) is 1.89. The quantitative estimate of drug-likeness (QED) is 0.763. The van der Waals surface area contributed by atoms with E-state index in [0.717, 1.165) is 31.1 Å². The van der Waals surface area contributed by atoms with Gasteiger partial charge in [0.2, 0.25) is 0 Å². The highest BCUT2D eigenvalue weighted by Gasteiger charge is 2.19. The molecule has 0 aliphatic carbocycles. The molecule has 0 bridgehead atoms.